The summed E-state index contributed by atoms with van der Waals surface area (Å²) in [5.74, 6) is -4.13. The van der Waals surface area contributed by atoms with Crippen molar-refractivity contribution in [1.82, 2.24) is 9.88 Å². The van der Waals surface area contributed by atoms with Gasteiger partial charge in [0.2, 0.25) is 0 Å². The second-order valence-electron chi connectivity index (χ2n) is 7.42. The lowest BCUT2D eigenvalue weighted by molar-refractivity contribution is -0.152. The van der Waals surface area contributed by atoms with E-state index in [1.165, 1.54) is 12.1 Å². The van der Waals surface area contributed by atoms with E-state index in [-0.39, 0.29) is 16.9 Å². The van der Waals surface area contributed by atoms with Crippen molar-refractivity contribution in [3.05, 3.63) is 58.2 Å². The monoisotopic (exact) mass is 483 g/mol. The Labute approximate surface area is 190 Å². The van der Waals surface area contributed by atoms with Gasteiger partial charge in [-0.05, 0) is 24.1 Å². The smallest absolute Gasteiger partial charge is 0.417 e. The number of rotatable bonds is 6. The van der Waals surface area contributed by atoms with Crippen LogP contribution in [-0.4, -0.2) is 46.2 Å². The molecule has 2 aromatic rings. The molecule has 0 fully saturated rings. The third-order valence-electron chi connectivity index (χ3n) is 4.75. The molecular formula is C21H17ClF3N3O5. The Bertz CT molecular complexity index is 1100. The third-order valence-corrected chi connectivity index (χ3v) is 5.04. The molecular weight excluding hydrogens is 467 g/mol. The highest BCUT2D eigenvalue weighted by Crippen LogP contribution is 2.32. The van der Waals surface area contributed by atoms with Gasteiger partial charge in [-0.1, -0.05) is 37.6 Å². The van der Waals surface area contributed by atoms with Crippen LogP contribution in [0.3, 0.4) is 0 Å². The van der Waals surface area contributed by atoms with Crippen molar-refractivity contribution in [3.8, 4) is 0 Å². The molecule has 1 atom stereocenters. The van der Waals surface area contributed by atoms with Gasteiger partial charge in [0.1, 0.15) is 6.04 Å². The van der Waals surface area contributed by atoms with Crippen LogP contribution < -0.4 is 5.32 Å². The minimum Gasteiger partial charge on any atom is -0.454 e. The molecule has 0 spiro atoms. The van der Waals surface area contributed by atoms with Gasteiger partial charge in [0, 0.05) is 6.20 Å². The molecule has 1 aliphatic rings. The number of alkyl halides is 3. The second-order valence-corrected chi connectivity index (χ2v) is 7.83. The fourth-order valence-electron chi connectivity index (χ4n) is 3.21. The predicted octanol–water partition coefficient (Wildman–Crippen LogP) is 3.56. The van der Waals surface area contributed by atoms with Gasteiger partial charge in [0.15, 0.2) is 12.4 Å². The highest BCUT2D eigenvalue weighted by atomic mass is 35.5. The van der Waals surface area contributed by atoms with Crippen LogP contribution in [0.1, 0.15) is 40.1 Å². The average molecular weight is 484 g/mol. The van der Waals surface area contributed by atoms with Crippen LogP contribution in [0.25, 0.3) is 0 Å². The maximum Gasteiger partial charge on any atom is 0.417 e. The first kappa shape index (κ1) is 24.2. The highest BCUT2D eigenvalue weighted by molar-refractivity contribution is 6.33. The number of amides is 3. The second kappa shape index (κ2) is 9.18. The van der Waals surface area contributed by atoms with Gasteiger partial charge in [-0.15, -0.1) is 0 Å². The summed E-state index contributed by atoms with van der Waals surface area (Å²) in [4.78, 5) is 54.4. The summed E-state index contributed by atoms with van der Waals surface area (Å²) in [6, 6.07) is 5.40. The molecule has 1 aromatic carbocycles. The number of carbonyl (C=O) groups is 4. The van der Waals surface area contributed by atoms with E-state index in [2.05, 4.69) is 10.3 Å². The maximum absolute atomic E-state index is 12.7. The van der Waals surface area contributed by atoms with Crippen LogP contribution in [0.5, 0.6) is 0 Å². The number of carbonyl (C=O) groups excluding carboxylic acids is 4. The summed E-state index contributed by atoms with van der Waals surface area (Å²) in [6.07, 6.45) is -4.17. The zero-order valence-electron chi connectivity index (χ0n) is 17.3. The molecule has 2 heterocycles. The number of esters is 1. The SMILES string of the molecule is CC(C)[C@@H](C(=O)OCC(=O)Nc1ncc(C(F)(F)F)cc1Cl)N1C(=O)c2ccccc2C1=O. The molecule has 0 bridgehead atoms. The van der Waals surface area contributed by atoms with Gasteiger partial charge in [0.05, 0.1) is 21.7 Å². The van der Waals surface area contributed by atoms with Crippen molar-refractivity contribution >= 4 is 41.1 Å². The molecule has 12 heteroatoms. The zero-order chi connectivity index (χ0) is 24.5. The molecule has 3 amide bonds. The van der Waals surface area contributed by atoms with Crippen molar-refractivity contribution in [2.45, 2.75) is 26.1 Å². The number of halogens is 4. The summed E-state index contributed by atoms with van der Waals surface area (Å²) >= 11 is 5.73. The van der Waals surface area contributed by atoms with Gasteiger partial charge in [0.25, 0.3) is 17.7 Å². The number of hydrogen-bond donors (Lipinski definition) is 1. The van der Waals surface area contributed by atoms with Crippen LogP contribution in [0.2, 0.25) is 5.02 Å². The molecule has 1 aliphatic heterocycles. The van der Waals surface area contributed by atoms with Crippen molar-refractivity contribution in [1.29, 1.82) is 0 Å². The maximum atomic E-state index is 12.7. The first-order valence-electron chi connectivity index (χ1n) is 9.58. The van der Waals surface area contributed by atoms with Crippen LogP contribution in [-0.2, 0) is 20.5 Å². The lowest BCUT2D eigenvalue weighted by atomic mass is 10.0. The Morgan fingerprint density at radius 3 is 2.21 bits per heavy atom. The van der Waals surface area contributed by atoms with Gasteiger partial charge in [-0.3, -0.25) is 19.3 Å². The van der Waals surface area contributed by atoms with E-state index >= 15 is 0 Å². The molecule has 8 nitrogen and oxygen atoms in total. The molecule has 3 rings (SSSR count). The number of pyridine rings is 1. The van der Waals surface area contributed by atoms with Crippen LogP contribution >= 0.6 is 11.6 Å². The molecule has 0 unspecified atom stereocenters. The van der Waals surface area contributed by atoms with E-state index in [4.69, 9.17) is 16.3 Å². The van der Waals surface area contributed by atoms with Gasteiger partial charge >= 0.3 is 12.1 Å². The number of nitrogens with one attached hydrogen (secondary N) is 1. The lowest BCUT2D eigenvalue weighted by Gasteiger charge is -2.27. The van der Waals surface area contributed by atoms with E-state index in [0.717, 1.165) is 4.90 Å². The molecule has 1 aromatic heterocycles. The van der Waals surface area contributed by atoms with E-state index in [1.807, 2.05) is 0 Å². The number of nitrogens with zero attached hydrogens (tertiary/aromatic N) is 2. The predicted molar refractivity (Wildman–Crippen MR) is 109 cm³/mol. The number of ether oxygens (including phenoxy) is 1. The molecule has 0 radical (unpaired) electrons. The van der Waals surface area contributed by atoms with Crippen LogP contribution in [0.15, 0.2) is 36.5 Å². The Morgan fingerprint density at radius 1 is 1.15 bits per heavy atom. The van der Waals surface area contributed by atoms with Crippen molar-refractivity contribution in [2.75, 3.05) is 11.9 Å². The standard InChI is InChI=1S/C21H17ClF3N3O5/c1-10(2)16(28-18(30)12-5-3-4-6-13(12)19(28)31)20(32)33-9-15(29)27-17-14(22)7-11(8-26-17)21(23,24)25/h3-8,10,16H,9H2,1-2H3,(H,26,27,29)/t16-/m0/s1. The average Bonchev–Trinajstić information content (AvgIpc) is 2.98. The molecule has 174 valence electrons. The fraction of sp³-hybridized carbons (Fsp3) is 0.286. The largest absolute Gasteiger partial charge is 0.454 e. The molecule has 0 aliphatic carbocycles. The van der Waals surface area contributed by atoms with Crippen molar-refractivity contribution < 1.29 is 37.1 Å². The summed E-state index contributed by atoms with van der Waals surface area (Å²) in [6.45, 7) is 2.35. The summed E-state index contributed by atoms with van der Waals surface area (Å²) in [7, 11) is 0. The number of anilines is 1. The highest BCUT2D eigenvalue weighted by Gasteiger charge is 2.44. The normalized spacial score (nSPS) is 14.3. The molecule has 1 N–H and O–H groups in total. The molecule has 0 saturated heterocycles. The topological polar surface area (TPSA) is 106 Å². The van der Waals surface area contributed by atoms with Crippen LogP contribution in [0, 0.1) is 5.92 Å². The van der Waals surface area contributed by atoms with Crippen molar-refractivity contribution in [2.24, 2.45) is 5.92 Å². The number of hydrogen-bond acceptors (Lipinski definition) is 6. The molecule has 33 heavy (non-hydrogen) atoms. The van der Waals surface area contributed by atoms with E-state index in [1.54, 1.807) is 26.0 Å². The minimum absolute atomic E-state index is 0.154. The van der Waals surface area contributed by atoms with Gasteiger partial charge < -0.3 is 10.1 Å². The van der Waals surface area contributed by atoms with Gasteiger partial charge in [-0.25, -0.2) is 9.78 Å². The van der Waals surface area contributed by atoms with Crippen molar-refractivity contribution in [3.63, 3.8) is 0 Å². The van der Waals surface area contributed by atoms with Crippen LogP contribution in [0.4, 0.5) is 19.0 Å². The Balaban J connectivity index is 1.67. The first-order valence-corrected chi connectivity index (χ1v) is 9.95. The van der Waals surface area contributed by atoms with Gasteiger partial charge in [-0.2, -0.15) is 13.2 Å². The summed E-state index contributed by atoms with van der Waals surface area (Å²) in [5.41, 5.74) is -0.791. The molecule has 0 saturated carbocycles. The summed E-state index contributed by atoms with van der Waals surface area (Å²) in [5, 5.41) is 1.68. The zero-order valence-corrected chi connectivity index (χ0v) is 18.0. The minimum atomic E-state index is -4.66. The summed E-state index contributed by atoms with van der Waals surface area (Å²) < 4.78 is 43.0. The van der Waals surface area contributed by atoms with E-state index in [9.17, 15) is 32.3 Å². The van der Waals surface area contributed by atoms with E-state index < -0.39 is 59.0 Å². The van der Waals surface area contributed by atoms with E-state index in [0.29, 0.717) is 12.3 Å². The first-order chi connectivity index (χ1) is 15.4. The number of benzene rings is 1. The lowest BCUT2D eigenvalue weighted by Crippen LogP contribution is -2.49. The third kappa shape index (κ3) is 4.98. The Kier molecular flexibility index (Phi) is 6.73. The number of fused-ring (bicyclic) bond motifs is 1. The Morgan fingerprint density at radius 2 is 1.73 bits per heavy atom. The Hall–Kier alpha value is -3.47. The number of aromatic nitrogens is 1. The fourth-order valence-corrected chi connectivity index (χ4v) is 3.42. The number of imide groups is 1. The quantitative estimate of drug-likeness (QED) is 0.497.